The first-order valence-electron chi connectivity index (χ1n) is 4.17. The van der Waals surface area contributed by atoms with Crippen molar-refractivity contribution in [1.29, 1.82) is 0 Å². The largest absolute Gasteiger partial charge is 0.396 e. The molecule has 1 atom stereocenters. The van der Waals surface area contributed by atoms with Crippen LogP contribution in [0.4, 0.5) is 0 Å². The molecule has 0 aromatic rings. The predicted molar refractivity (Wildman–Crippen MR) is 48.5 cm³/mol. The highest BCUT2D eigenvalue weighted by atomic mass is 16.3. The third kappa shape index (κ3) is 4.99. The smallest absolute Gasteiger partial charge is 0.0445 e. The minimum Gasteiger partial charge on any atom is -0.396 e. The van der Waals surface area contributed by atoms with Gasteiger partial charge in [-0.15, -0.1) is 6.58 Å². The van der Waals surface area contributed by atoms with Crippen LogP contribution in [0.25, 0.3) is 0 Å². The van der Waals surface area contributed by atoms with Gasteiger partial charge in [0.05, 0.1) is 0 Å². The fourth-order valence-electron chi connectivity index (χ4n) is 1.04. The van der Waals surface area contributed by atoms with Crippen molar-refractivity contribution in [3.05, 3.63) is 12.7 Å². The topological polar surface area (TPSA) is 32.3 Å². The Labute approximate surface area is 69.3 Å². The molecule has 1 unspecified atom stereocenters. The van der Waals surface area contributed by atoms with Crippen LogP contribution < -0.4 is 5.32 Å². The molecule has 66 valence electrons. The third-order valence-electron chi connectivity index (χ3n) is 1.77. The second-order valence-electron chi connectivity index (χ2n) is 3.06. The molecule has 0 saturated heterocycles. The Hall–Kier alpha value is -0.340. The van der Waals surface area contributed by atoms with Gasteiger partial charge in [0, 0.05) is 19.2 Å². The molecule has 0 aliphatic rings. The summed E-state index contributed by atoms with van der Waals surface area (Å²) in [6.45, 7) is 9.00. The van der Waals surface area contributed by atoms with Gasteiger partial charge in [-0.1, -0.05) is 19.9 Å². The van der Waals surface area contributed by atoms with Gasteiger partial charge in [0.1, 0.15) is 0 Å². The third-order valence-corrected chi connectivity index (χ3v) is 1.77. The molecule has 2 nitrogen and oxygen atoms in total. The van der Waals surface area contributed by atoms with Gasteiger partial charge in [0.2, 0.25) is 0 Å². The minimum absolute atomic E-state index is 0.257. The summed E-state index contributed by atoms with van der Waals surface area (Å²) in [6.07, 6.45) is 2.66. The van der Waals surface area contributed by atoms with Crippen molar-refractivity contribution in [3.63, 3.8) is 0 Å². The molecule has 0 aliphatic carbocycles. The van der Waals surface area contributed by atoms with Crippen molar-refractivity contribution in [2.75, 3.05) is 13.2 Å². The van der Waals surface area contributed by atoms with Gasteiger partial charge >= 0.3 is 0 Å². The second kappa shape index (κ2) is 6.38. The predicted octanol–water partition coefficient (Wildman–Crippen LogP) is 1.17. The number of aliphatic hydroxyl groups is 1. The zero-order valence-electron chi connectivity index (χ0n) is 7.51. The Morgan fingerprint density at radius 1 is 1.55 bits per heavy atom. The standard InChI is InChI=1S/C9H19NO/c1-4-6-10-9(5-7-11)8(2)3/h4,8-11H,1,5-7H2,2-3H3. The first kappa shape index (κ1) is 10.7. The molecule has 0 amide bonds. The molecule has 0 aromatic carbocycles. The van der Waals surface area contributed by atoms with E-state index in [0.717, 1.165) is 13.0 Å². The van der Waals surface area contributed by atoms with E-state index >= 15 is 0 Å². The minimum atomic E-state index is 0.257. The fourth-order valence-corrected chi connectivity index (χ4v) is 1.04. The molecule has 0 heterocycles. The maximum absolute atomic E-state index is 8.72. The quantitative estimate of drug-likeness (QED) is 0.567. The van der Waals surface area contributed by atoms with Crippen molar-refractivity contribution in [2.45, 2.75) is 26.3 Å². The van der Waals surface area contributed by atoms with Gasteiger partial charge in [-0.05, 0) is 12.3 Å². The Morgan fingerprint density at radius 2 is 2.18 bits per heavy atom. The summed E-state index contributed by atoms with van der Waals surface area (Å²) in [5.74, 6) is 0.571. The Kier molecular flexibility index (Phi) is 6.18. The SMILES string of the molecule is C=CCNC(CCO)C(C)C. The van der Waals surface area contributed by atoms with Crippen LogP contribution in [0.5, 0.6) is 0 Å². The van der Waals surface area contributed by atoms with E-state index in [4.69, 9.17) is 5.11 Å². The molecule has 0 rings (SSSR count). The van der Waals surface area contributed by atoms with Crippen molar-refractivity contribution in [1.82, 2.24) is 5.32 Å². The Bertz CT molecular complexity index is 102. The maximum Gasteiger partial charge on any atom is 0.0445 e. The normalized spacial score (nSPS) is 13.5. The summed E-state index contributed by atoms with van der Waals surface area (Å²) in [4.78, 5) is 0. The van der Waals surface area contributed by atoms with E-state index in [-0.39, 0.29) is 6.61 Å². The van der Waals surface area contributed by atoms with Crippen LogP contribution in [0.15, 0.2) is 12.7 Å². The van der Waals surface area contributed by atoms with E-state index in [1.54, 1.807) is 0 Å². The first-order chi connectivity index (χ1) is 5.22. The van der Waals surface area contributed by atoms with E-state index in [1.807, 2.05) is 6.08 Å². The highest BCUT2D eigenvalue weighted by Crippen LogP contribution is 2.04. The molecule has 0 saturated carbocycles. The molecule has 2 heteroatoms. The van der Waals surface area contributed by atoms with E-state index in [2.05, 4.69) is 25.7 Å². The number of rotatable bonds is 6. The highest BCUT2D eigenvalue weighted by Gasteiger charge is 2.09. The zero-order valence-corrected chi connectivity index (χ0v) is 7.51. The molecule has 0 aromatic heterocycles. The Balaban J connectivity index is 3.59. The van der Waals surface area contributed by atoms with E-state index in [1.165, 1.54) is 0 Å². The summed E-state index contributed by atoms with van der Waals surface area (Å²) in [5, 5.41) is 12.0. The summed E-state index contributed by atoms with van der Waals surface area (Å²) in [7, 11) is 0. The van der Waals surface area contributed by atoms with Gasteiger partial charge in [0.25, 0.3) is 0 Å². The summed E-state index contributed by atoms with van der Waals surface area (Å²) >= 11 is 0. The second-order valence-corrected chi connectivity index (χ2v) is 3.06. The van der Waals surface area contributed by atoms with Crippen LogP contribution in [0.2, 0.25) is 0 Å². The fraction of sp³-hybridized carbons (Fsp3) is 0.778. The lowest BCUT2D eigenvalue weighted by molar-refractivity contribution is 0.247. The van der Waals surface area contributed by atoms with Crippen molar-refractivity contribution < 1.29 is 5.11 Å². The Morgan fingerprint density at radius 3 is 2.55 bits per heavy atom. The molecule has 0 radical (unpaired) electrons. The van der Waals surface area contributed by atoms with Gasteiger partial charge in [-0.25, -0.2) is 0 Å². The molecule has 0 aliphatic heterocycles. The van der Waals surface area contributed by atoms with Gasteiger partial charge in [0.15, 0.2) is 0 Å². The molecular weight excluding hydrogens is 138 g/mol. The average Bonchev–Trinajstić information content (AvgIpc) is 1.97. The van der Waals surface area contributed by atoms with Crippen LogP contribution in [-0.2, 0) is 0 Å². The lowest BCUT2D eigenvalue weighted by Crippen LogP contribution is -2.34. The average molecular weight is 157 g/mol. The zero-order chi connectivity index (χ0) is 8.69. The molecule has 0 fully saturated rings. The van der Waals surface area contributed by atoms with E-state index in [9.17, 15) is 0 Å². The summed E-state index contributed by atoms with van der Waals surface area (Å²) in [5.41, 5.74) is 0. The van der Waals surface area contributed by atoms with E-state index < -0.39 is 0 Å². The monoisotopic (exact) mass is 157 g/mol. The molecule has 0 spiro atoms. The van der Waals surface area contributed by atoms with Crippen LogP contribution in [0, 0.1) is 5.92 Å². The van der Waals surface area contributed by atoms with Gasteiger partial charge < -0.3 is 10.4 Å². The van der Waals surface area contributed by atoms with Gasteiger partial charge in [-0.3, -0.25) is 0 Å². The lowest BCUT2D eigenvalue weighted by atomic mass is 10.0. The van der Waals surface area contributed by atoms with E-state index in [0.29, 0.717) is 12.0 Å². The highest BCUT2D eigenvalue weighted by molar-refractivity contribution is 4.76. The first-order valence-corrected chi connectivity index (χ1v) is 4.17. The number of hydrogen-bond acceptors (Lipinski definition) is 2. The van der Waals surface area contributed by atoms with Crippen molar-refractivity contribution in [3.8, 4) is 0 Å². The van der Waals surface area contributed by atoms with Crippen molar-refractivity contribution >= 4 is 0 Å². The van der Waals surface area contributed by atoms with Gasteiger partial charge in [-0.2, -0.15) is 0 Å². The molecule has 2 N–H and O–H groups in total. The number of aliphatic hydroxyl groups excluding tert-OH is 1. The van der Waals surface area contributed by atoms with Crippen LogP contribution in [-0.4, -0.2) is 24.3 Å². The van der Waals surface area contributed by atoms with Crippen molar-refractivity contribution in [2.24, 2.45) is 5.92 Å². The number of hydrogen-bond donors (Lipinski definition) is 2. The van der Waals surface area contributed by atoms with Crippen LogP contribution >= 0.6 is 0 Å². The molecule has 0 bridgehead atoms. The van der Waals surface area contributed by atoms with Crippen LogP contribution in [0.1, 0.15) is 20.3 Å². The molecular formula is C9H19NO. The maximum atomic E-state index is 8.72. The van der Waals surface area contributed by atoms with Crippen LogP contribution in [0.3, 0.4) is 0 Å². The molecule has 11 heavy (non-hydrogen) atoms. The summed E-state index contributed by atoms with van der Waals surface area (Å²) in [6, 6.07) is 0.415. The summed E-state index contributed by atoms with van der Waals surface area (Å²) < 4.78 is 0. The number of nitrogens with one attached hydrogen (secondary N) is 1. The lowest BCUT2D eigenvalue weighted by Gasteiger charge is -2.20.